The number of likely N-dealkylation sites (tertiary alicyclic amines) is 1. The highest BCUT2D eigenvalue weighted by molar-refractivity contribution is 5.78. The second-order valence-corrected chi connectivity index (χ2v) is 5.94. The third-order valence-electron chi connectivity index (χ3n) is 4.42. The van der Waals surface area contributed by atoms with Gasteiger partial charge in [-0.2, -0.15) is 10.5 Å². The second kappa shape index (κ2) is 5.68. The maximum Gasteiger partial charge on any atom is 0.179 e. The summed E-state index contributed by atoms with van der Waals surface area (Å²) in [6.07, 6.45) is 4.91. The first-order valence-corrected chi connectivity index (χ1v) is 7.77. The maximum atomic E-state index is 8.98. The minimum atomic E-state index is 0.247. The summed E-state index contributed by atoms with van der Waals surface area (Å²) in [5, 5.41) is 17.9. The molecule has 0 spiro atoms. The Bertz CT molecular complexity index is 973. The minimum Gasteiger partial charge on any atom is -0.340 e. The number of fused-ring (bicyclic) bond motifs is 1. The number of aromatic nitrogens is 3. The van der Waals surface area contributed by atoms with Gasteiger partial charge in [0.25, 0.3) is 0 Å². The lowest BCUT2D eigenvalue weighted by molar-refractivity contribution is 0.477. The molecule has 6 nitrogen and oxygen atoms in total. The van der Waals surface area contributed by atoms with E-state index in [4.69, 9.17) is 10.5 Å². The van der Waals surface area contributed by atoms with Crippen LogP contribution in [-0.4, -0.2) is 32.9 Å². The lowest BCUT2D eigenvalue weighted by Gasteiger charge is -2.05. The predicted molar refractivity (Wildman–Crippen MR) is 88.6 cm³/mol. The summed E-state index contributed by atoms with van der Waals surface area (Å²) in [6, 6.07) is 11.6. The molecular formula is C18H14N6. The lowest BCUT2D eigenvalue weighted by Crippen LogP contribution is -2.13. The van der Waals surface area contributed by atoms with Crippen molar-refractivity contribution in [2.24, 2.45) is 0 Å². The zero-order chi connectivity index (χ0) is 16.5. The van der Waals surface area contributed by atoms with Gasteiger partial charge in [-0.1, -0.05) is 12.1 Å². The highest BCUT2D eigenvalue weighted by Gasteiger charge is 2.25. The molecule has 1 aromatic carbocycles. The van der Waals surface area contributed by atoms with Gasteiger partial charge in [-0.05, 0) is 30.2 Å². The molecular weight excluding hydrogens is 300 g/mol. The van der Waals surface area contributed by atoms with Crippen LogP contribution in [0.25, 0.3) is 22.3 Å². The summed E-state index contributed by atoms with van der Waals surface area (Å²) >= 11 is 0. The monoisotopic (exact) mass is 314 g/mol. The second-order valence-electron chi connectivity index (χ2n) is 5.94. The Morgan fingerprint density at radius 1 is 1.17 bits per heavy atom. The molecule has 1 unspecified atom stereocenters. The van der Waals surface area contributed by atoms with Crippen molar-refractivity contribution in [3.63, 3.8) is 0 Å². The first-order valence-electron chi connectivity index (χ1n) is 7.77. The number of nitrogens with one attached hydrogen (secondary N) is 1. The van der Waals surface area contributed by atoms with E-state index in [9.17, 15) is 0 Å². The van der Waals surface area contributed by atoms with Crippen molar-refractivity contribution in [2.75, 3.05) is 13.1 Å². The molecule has 1 aliphatic rings. The van der Waals surface area contributed by atoms with Gasteiger partial charge in [-0.3, -0.25) is 0 Å². The number of nitriles is 2. The van der Waals surface area contributed by atoms with Crippen LogP contribution < -0.4 is 0 Å². The summed E-state index contributed by atoms with van der Waals surface area (Å²) in [5.74, 6) is 1.14. The Balaban J connectivity index is 1.66. The van der Waals surface area contributed by atoms with Crippen LogP contribution in [0.3, 0.4) is 0 Å². The van der Waals surface area contributed by atoms with Gasteiger partial charge in [-0.25, -0.2) is 9.97 Å². The molecule has 24 heavy (non-hydrogen) atoms. The number of aromatic amines is 1. The highest BCUT2D eigenvalue weighted by Crippen LogP contribution is 2.27. The topological polar surface area (TPSA) is 92.4 Å². The third-order valence-corrected chi connectivity index (χ3v) is 4.42. The van der Waals surface area contributed by atoms with Crippen molar-refractivity contribution < 1.29 is 0 Å². The summed E-state index contributed by atoms with van der Waals surface area (Å²) in [4.78, 5) is 14.1. The van der Waals surface area contributed by atoms with Crippen LogP contribution in [0.1, 0.15) is 23.7 Å². The summed E-state index contributed by atoms with van der Waals surface area (Å²) in [6.45, 7) is 1.49. The summed E-state index contributed by atoms with van der Waals surface area (Å²) in [7, 11) is 0. The molecule has 1 N–H and O–H groups in total. The van der Waals surface area contributed by atoms with Crippen molar-refractivity contribution in [3.05, 3.63) is 47.9 Å². The zero-order valence-corrected chi connectivity index (χ0v) is 12.9. The van der Waals surface area contributed by atoms with Gasteiger partial charge >= 0.3 is 0 Å². The summed E-state index contributed by atoms with van der Waals surface area (Å²) < 4.78 is 0. The van der Waals surface area contributed by atoms with Gasteiger partial charge in [-0.15, -0.1) is 0 Å². The van der Waals surface area contributed by atoms with Gasteiger partial charge in [0.1, 0.15) is 5.82 Å². The molecule has 2 aromatic heterocycles. The molecule has 3 heterocycles. The average Bonchev–Trinajstić information content (AvgIpc) is 3.27. The van der Waals surface area contributed by atoms with Gasteiger partial charge in [0.15, 0.2) is 11.8 Å². The zero-order valence-electron chi connectivity index (χ0n) is 12.9. The highest BCUT2D eigenvalue weighted by atomic mass is 15.1. The fourth-order valence-corrected chi connectivity index (χ4v) is 3.08. The molecule has 3 aromatic rings. The molecule has 0 radical (unpaired) electrons. The van der Waals surface area contributed by atoms with E-state index >= 15 is 0 Å². The predicted octanol–water partition coefficient (Wildman–Crippen LogP) is 2.77. The van der Waals surface area contributed by atoms with Crippen molar-refractivity contribution in [2.45, 2.75) is 12.3 Å². The van der Waals surface area contributed by atoms with Crippen LogP contribution in [-0.2, 0) is 0 Å². The molecule has 4 rings (SSSR count). The number of rotatable bonds is 2. The van der Waals surface area contributed by atoms with E-state index in [1.54, 1.807) is 23.2 Å². The molecule has 1 atom stereocenters. The normalized spacial score (nSPS) is 16.9. The van der Waals surface area contributed by atoms with Crippen LogP contribution >= 0.6 is 0 Å². The van der Waals surface area contributed by atoms with Gasteiger partial charge in [0, 0.05) is 30.8 Å². The number of H-pyrrole nitrogens is 1. The fourth-order valence-electron chi connectivity index (χ4n) is 3.08. The molecule has 6 heteroatoms. The van der Waals surface area contributed by atoms with E-state index < -0.39 is 0 Å². The van der Waals surface area contributed by atoms with Crippen LogP contribution in [0, 0.1) is 22.8 Å². The van der Waals surface area contributed by atoms with Crippen LogP contribution in [0.2, 0.25) is 0 Å². The quantitative estimate of drug-likeness (QED) is 0.734. The van der Waals surface area contributed by atoms with Crippen molar-refractivity contribution in [3.8, 4) is 23.4 Å². The van der Waals surface area contributed by atoms with Crippen molar-refractivity contribution in [1.82, 2.24) is 19.9 Å². The largest absolute Gasteiger partial charge is 0.340 e. The minimum absolute atomic E-state index is 0.247. The Morgan fingerprint density at radius 2 is 2.00 bits per heavy atom. The SMILES string of the molecule is N#Cc1ccc(-c2cnc3nc(C4CCN(C#N)C4)[nH]c3c2)cc1. The van der Waals surface area contributed by atoms with E-state index in [2.05, 4.69) is 27.2 Å². The number of hydrogen-bond donors (Lipinski definition) is 1. The van der Waals surface area contributed by atoms with Crippen molar-refractivity contribution >= 4 is 11.2 Å². The molecule has 1 aliphatic heterocycles. The van der Waals surface area contributed by atoms with Gasteiger partial charge in [0.05, 0.1) is 17.1 Å². The standard InChI is InChI=1S/C18H14N6/c19-8-12-1-3-13(4-2-12)15-7-16-18(21-9-15)23-17(22-16)14-5-6-24(10-14)11-20/h1-4,7,9,14H,5-6,10H2,(H,21,22,23). The van der Waals surface area contributed by atoms with E-state index in [1.807, 2.05) is 18.2 Å². The molecule has 0 bridgehead atoms. The smallest absolute Gasteiger partial charge is 0.179 e. The first-order chi connectivity index (χ1) is 11.8. The molecule has 116 valence electrons. The Labute approximate surface area is 139 Å². The van der Waals surface area contributed by atoms with Crippen LogP contribution in [0.4, 0.5) is 0 Å². The van der Waals surface area contributed by atoms with E-state index in [-0.39, 0.29) is 5.92 Å². The molecule has 1 saturated heterocycles. The maximum absolute atomic E-state index is 8.98. The third kappa shape index (κ3) is 2.45. The Hall–Kier alpha value is -3.38. The Morgan fingerprint density at radius 3 is 2.71 bits per heavy atom. The average molecular weight is 314 g/mol. The van der Waals surface area contributed by atoms with E-state index in [0.29, 0.717) is 17.8 Å². The lowest BCUT2D eigenvalue weighted by atomic mass is 10.1. The number of hydrogen-bond acceptors (Lipinski definition) is 5. The van der Waals surface area contributed by atoms with Crippen molar-refractivity contribution in [1.29, 1.82) is 10.5 Å². The van der Waals surface area contributed by atoms with Crippen LogP contribution in [0.5, 0.6) is 0 Å². The van der Waals surface area contributed by atoms with Gasteiger partial charge < -0.3 is 9.88 Å². The fraction of sp³-hybridized carbons (Fsp3) is 0.222. The first kappa shape index (κ1) is 14.2. The number of nitrogens with zero attached hydrogens (tertiary/aromatic N) is 5. The summed E-state index contributed by atoms with van der Waals surface area (Å²) in [5.41, 5.74) is 4.21. The van der Waals surface area contributed by atoms with E-state index in [0.717, 1.165) is 35.4 Å². The number of imidazole rings is 1. The molecule has 1 fully saturated rings. The Kier molecular flexibility index (Phi) is 3.36. The van der Waals surface area contributed by atoms with Crippen LogP contribution in [0.15, 0.2) is 36.5 Å². The molecule has 0 aliphatic carbocycles. The molecule has 0 saturated carbocycles. The van der Waals surface area contributed by atoms with Gasteiger partial charge in [0.2, 0.25) is 0 Å². The molecule has 0 amide bonds. The number of benzene rings is 1. The number of pyridine rings is 1. The van der Waals surface area contributed by atoms with E-state index in [1.165, 1.54) is 0 Å².